The van der Waals surface area contributed by atoms with Crippen molar-refractivity contribution in [3.05, 3.63) is 34.6 Å². The summed E-state index contributed by atoms with van der Waals surface area (Å²) in [6, 6.07) is 4.71. The number of carboxylic acids is 1. The van der Waals surface area contributed by atoms with E-state index in [-0.39, 0.29) is 11.1 Å². The molecule has 0 spiro atoms. The van der Waals surface area contributed by atoms with Gasteiger partial charge in [-0.2, -0.15) is 0 Å². The number of carboxylic acid groups (broad SMARTS) is 1. The summed E-state index contributed by atoms with van der Waals surface area (Å²) >= 11 is 5.81. The van der Waals surface area contributed by atoms with Gasteiger partial charge in [0.15, 0.2) is 0 Å². The van der Waals surface area contributed by atoms with Gasteiger partial charge in [-0.25, -0.2) is 4.39 Å². The van der Waals surface area contributed by atoms with Crippen molar-refractivity contribution in [2.75, 3.05) is 13.1 Å². The second-order valence-electron chi connectivity index (χ2n) is 5.51. The molecular formula is C15H19ClFNO2. The Morgan fingerprint density at radius 2 is 2.30 bits per heavy atom. The fourth-order valence-electron chi connectivity index (χ4n) is 2.83. The van der Waals surface area contributed by atoms with Crippen LogP contribution >= 0.6 is 11.6 Å². The number of benzene rings is 1. The number of hydrogen-bond donors (Lipinski definition) is 1. The molecule has 0 aromatic heterocycles. The van der Waals surface area contributed by atoms with E-state index in [1.807, 2.05) is 13.8 Å². The van der Waals surface area contributed by atoms with Crippen LogP contribution in [0, 0.1) is 11.2 Å². The minimum Gasteiger partial charge on any atom is -0.481 e. The number of rotatable bonds is 4. The molecule has 2 unspecified atom stereocenters. The lowest BCUT2D eigenvalue weighted by Crippen LogP contribution is -2.35. The largest absolute Gasteiger partial charge is 0.481 e. The summed E-state index contributed by atoms with van der Waals surface area (Å²) in [5, 5.41) is 9.52. The van der Waals surface area contributed by atoms with E-state index in [0.717, 1.165) is 12.1 Å². The van der Waals surface area contributed by atoms with Gasteiger partial charge in [0.1, 0.15) is 5.82 Å². The Morgan fingerprint density at radius 1 is 1.60 bits per heavy atom. The molecule has 1 aliphatic rings. The summed E-state index contributed by atoms with van der Waals surface area (Å²) in [6.07, 6.45) is 1.27. The maximum atomic E-state index is 13.2. The molecule has 20 heavy (non-hydrogen) atoms. The third kappa shape index (κ3) is 2.67. The highest BCUT2D eigenvalue weighted by Crippen LogP contribution is 2.38. The molecular weight excluding hydrogens is 281 g/mol. The molecule has 0 amide bonds. The van der Waals surface area contributed by atoms with Crippen LogP contribution in [-0.4, -0.2) is 29.1 Å². The van der Waals surface area contributed by atoms with E-state index in [4.69, 9.17) is 11.6 Å². The molecule has 1 fully saturated rings. The quantitative estimate of drug-likeness (QED) is 0.921. The number of aliphatic carboxylic acids is 1. The Hall–Kier alpha value is -1.13. The van der Waals surface area contributed by atoms with E-state index in [1.165, 1.54) is 6.07 Å². The molecule has 1 aliphatic heterocycles. The van der Waals surface area contributed by atoms with Crippen LogP contribution in [0.4, 0.5) is 4.39 Å². The Balaban J connectivity index is 2.17. The van der Waals surface area contributed by atoms with E-state index in [1.54, 1.807) is 12.1 Å². The van der Waals surface area contributed by atoms with E-state index in [2.05, 4.69) is 4.90 Å². The lowest BCUT2D eigenvalue weighted by atomic mass is 9.84. The first-order chi connectivity index (χ1) is 9.39. The third-order valence-electron chi connectivity index (χ3n) is 4.49. The van der Waals surface area contributed by atoms with Gasteiger partial charge in [0.05, 0.1) is 10.4 Å². The predicted octanol–water partition coefficient (Wildman–Crippen LogP) is 3.73. The average Bonchev–Trinajstić information content (AvgIpc) is 2.87. The number of likely N-dealkylation sites (tertiary alicyclic amines) is 1. The summed E-state index contributed by atoms with van der Waals surface area (Å²) in [5.41, 5.74) is 0.256. The van der Waals surface area contributed by atoms with Crippen LogP contribution in [0.25, 0.3) is 0 Å². The fraction of sp³-hybridized carbons (Fsp3) is 0.533. The second-order valence-corrected chi connectivity index (χ2v) is 5.92. The van der Waals surface area contributed by atoms with Gasteiger partial charge >= 0.3 is 5.97 Å². The molecule has 110 valence electrons. The minimum absolute atomic E-state index is 0.0286. The van der Waals surface area contributed by atoms with Gasteiger partial charge in [0.2, 0.25) is 0 Å². The molecule has 1 aromatic rings. The molecule has 2 atom stereocenters. The molecule has 5 heteroatoms. The molecule has 1 aromatic carbocycles. The van der Waals surface area contributed by atoms with Crippen LogP contribution in [0.5, 0.6) is 0 Å². The SMILES string of the molecule is CCC1(C(=O)O)CCN(C(C)c2ccc(F)c(Cl)c2)C1. The van der Waals surface area contributed by atoms with E-state index in [0.29, 0.717) is 19.4 Å². The Labute approximate surface area is 123 Å². The summed E-state index contributed by atoms with van der Waals surface area (Å²) in [7, 11) is 0. The number of nitrogens with zero attached hydrogens (tertiary/aromatic N) is 1. The topological polar surface area (TPSA) is 40.5 Å². The molecule has 2 rings (SSSR count). The molecule has 0 aliphatic carbocycles. The molecule has 1 heterocycles. The molecule has 0 bridgehead atoms. The molecule has 1 N–H and O–H groups in total. The van der Waals surface area contributed by atoms with Gasteiger partial charge in [-0.15, -0.1) is 0 Å². The first-order valence-corrected chi connectivity index (χ1v) is 7.20. The Bertz CT molecular complexity index is 523. The fourth-order valence-corrected chi connectivity index (χ4v) is 3.02. The highest BCUT2D eigenvalue weighted by atomic mass is 35.5. The summed E-state index contributed by atoms with van der Waals surface area (Å²) < 4.78 is 13.2. The second kappa shape index (κ2) is 5.70. The van der Waals surface area contributed by atoms with Crippen molar-refractivity contribution in [3.8, 4) is 0 Å². The van der Waals surface area contributed by atoms with Crippen molar-refractivity contribution >= 4 is 17.6 Å². The van der Waals surface area contributed by atoms with Crippen LogP contribution in [-0.2, 0) is 4.79 Å². The van der Waals surface area contributed by atoms with Gasteiger partial charge < -0.3 is 5.11 Å². The van der Waals surface area contributed by atoms with Crippen molar-refractivity contribution in [2.24, 2.45) is 5.41 Å². The summed E-state index contributed by atoms with van der Waals surface area (Å²) in [5.74, 6) is -1.16. The number of hydrogen-bond acceptors (Lipinski definition) is 2. The van der Waals surface area contributed by atoms with Crippen molar-refractivity contribution < 1.29 is 14.3 Å². The maximum Gasteiger partial charge on any atom is 0.310 e. The molecule has 1 saturated heterocycles. The third-order valence-corrected chi connectivity index (χ3v) is 4.78. The van der Waals surface area contributed by atoms with E-state index < -0.39 is 17.2 Å². The Kier molecular flexibility index (Phi) is 4.35. The molecule has 0 saturated carbocycles. The van der Waals surface area contributed by atoms with Gasteiger partial charge in [0, 0.05) is 12.6 Å². The predicted molar refractivity (Wildman–Crippen MR) is 76.4 cm³/mol. The maximum absolute atomic E-state index is 13.2. The van der Waals surface area contributed by atoms with Crippen LogP contribution in [0.3, 0.4) is 0 Å². The van der Waals surface area contributed by atoms with E-state index in [9.17, 15) is 14.3 Å². The lowest BCUT2D eigenvalue weighted by molar-refractivity contribution is -0.148. The first-order valence-electron chi connectivity index (χ1n) is 6.82. The van der Waals surface area contributed by atoms with Crippen LogP contribution in [0.1, 0.15) is 38.3 Å². The highest BCUT2D eigenvalue weighted by molar-refractivity contribution is 6.30. The summed E-state index contributed by atoms with van der Waals surface area (Å²) in [6.45, 7) is 5.17. The Morgan fingerprint density at radius 3 is 2.80 bits per heavy atom. The van der Waals surface area contributed by atoms with Crippen molar-refractivity contribution in [3.63, 3.8) is 0 Å². The zero-order valence-corrected chi connectivity index (χ0v) is 12.5. The van der Waals surface area contributed by atoms with Gasteiger partial charge in [-0.1, -0.05) is 24.6 Å². The highest BCUT2D eigenvalue weighted by Gasteiger charge is 2.44. The molecule has 0 radical (unpaired) electrons. The van der Waals surface area contributed by atoms with Gasteiger partial charge in [0.25, 0.3) is 0 Å². The average molecular weight is 300 g/mol. The minimum atomic E-state index is -0.730. The van der Waals surface area contributed by atoms with Crippen molar-refractivity contribution in [1.29, 1.82) is 0 Å². The smallest absolute Gasteiger partial charge is 0.310 e. The number of carbonyl (C=O) groups is 1. The standard InChI is InChI=1S/C15H19ClFNO2/c1-3-15(14(19)20)6-7-18(9-15)10(2)11-4-5-13(17)12(16)8-11/h4-5,8,10H,3,6-7,9H2,1-2H3,(H,19,20). The molecule has 3 nitrogen and oxygen atoms in total. The van der Waals surface area contributed by atoms with E-state index >= 15 is 0 Å². The summed E-state index contributed by atoms with van der Waals surface area (Å²) in [4.78, 5) is 13.6. The monoisotopic (exact) mass is 299 g/mol. The zero-order chi connectivity index (χ0) is 14.9. The number of halogens is 2. The lowest BCUT2D eigenvalue weighted by Gasteiger charge is -2.27. The zero-order valence-electron chi connectivity index (χ0n) is 11.7. The van der Waals surface area contributed by atoms with Gasteiger partial charge in [-0.05, 0) is 44.0 Å². The van der Waals surface area contributed by atoms with Crippen LogP contribution < -0.4 is 0 Å². The van der Waals surface area contributed by atoms with Crippen LogP contribution in [0.15, 0.2) is 18.2 Å². The first kappa shape index (κ1) is 15.3. The van der Waals surface area contributed by atoms with Crippen molar-refractivity contribution in [1.82, 2.24) is 4.90 Å². The van der Waals surface area contributed by atoms with Crippen LogP contribution in [0.2, 0.25) is 5.02 Å². The van der Waals surface area contributed by atoms with Gasteiger partial charge in [-0.3, -0.25) is 9.69 Å². The normalized spacial score (nSPS) is 24.8. The van der Waals surface area contributed by atoms with Crippen molar-refractivity contribution in [2.45, 2.75) is 32.7 Å².